The van der Waals surface area contributed by atoms with Gasteiger partial charge in [0, 0.05) is 30.4 Å². The fourth-order valence-corrected chi connectivity index (χ4v) is 3.19. The van der Waals surface area contributed by atoms with Crippen molar-refractivity contribution in [2.45, 2.75) is 25.6 Å². The molecular formula is C18H21N3O4. The van der Waals surface area contributed by atoms with Crippen molar-refractivity contribution in [3.63, 3.8) is 0 Å². The molecule has 4 heterocycles. The summed E-state index contributed by atoms with van der Waals surface area (Å²) in [7, 11) is 0. The van der Waals surface area contributed by atoms with Crippen LogP contribution in [0.1, 0.15) is 23.0 Å². The molecule has 0 radical (unpaired) electrons. The van der Waals surface area contributed by atoms with E-state index in [9.17, 15) is 4.79 Å². The van der Waals surface area contributed by atoms with E-state index in [0.29, 0.717) is 37.7 Å². The SMILES string of the molecule is C[C@H](Oc1cnccc1-c1cc2c([nH]1)CCNC2=O)[C@H]1COCCO1. The number of carbonyl (C=O) groups excluding carboxylic acids is 1. The van der Waals surface area contributed by atoms with Crippen LogP contribution in [0.4, 0.5) is 0 Å². The fourth-order valence-electron chi connectivity index (χ4n) is 3.19. The number of hydrogen-bond donors (Lipinski definition) is 2. The van der Waals surface area contributed by atoms with E-state index < -0.39 is 0 Å². The maximum atomic E-state index is 12.0. The topological polar surface area (TPSA) is 85.5 Å². The molecule has 2 aromatic heterocycles. The van der Waals surface area contributed by atoms with E-state index >= 15 is 0 Å². The molecule has 7 heteroatoms. The van der Waals surface area contributed by atoms with E-state index in [1.54, 1.807) is 12.4 Å². The maximum Gasteiger partial charge on any atom is 0.253 e. The molecule has 2 aliphatic heterocycles. The summed E-state index contributed by atoms with van der Waals surface area (Å²) in [5, 5.41) is 2.86. The summed E-state index contributed by atoms with van der Waals surface area (Å²) >= 11 is 0. The molecule has 1 amide bonds. The normalized spacial score (nSPS) is 21.3. The minimum absolute atomic E-state index is 0.0404. The Balaban J connectivity index is 1.60. The lowest BCUT2D eigenvalue weighted by molar-refractivity contribution is -0.122. The predicted molar refractivity (Wildman–Crippen MR) is 90.7 cm³/mol. The number of amides is 1. The highest BCUT2D eigenvalue weighted by Gasteiger charge is 2.25. The number of aromatic amines is 1. The van der Waals surface area contributed by atoms with Gasteiger partial charge in [-0.3, -0.25) is 9.78 Å². The van der Waals surface area contributed by atoms with Crippen LogP contribution in [0.5, 0.6) is 5.75 Å². The summed E-state index contributed by atoms with van der Waals surface area (Å²) in [5.74, 6) is 0.615. The van der Waals surface area contributed by atoms with E-state index in [1.807, 2.05) is 19.1 Å². The van der Waals surface area contributed by atoms with Crippen LogP contribution in [-0.4, -0.2) is 54.4 Å². The summed E-state index contributed by atoms with van der Waals surface area (Å²) in [6, 6.07) is 3.76. The number of carbonyl (C=O) groups is 1. The molecule has 0 spiro atoms. The number of nitrogens with zero attached hydrogens (tertiary/aromatic N) is 1. The van der Waals surface area contributed by atoms with E-state index in [0.717, 1.165) is 23.4 Å². The smallest absolute Gasteiger partial charge is 0.253 e. The molecule has 132 valence electrons. The number of rotatable bonds is 4. The number of pyridine rings is 1. The first kappa shape index (κ1) is 16.1. The van der Waals surface area contributed by atoms with Gasteiger partial charge in [-0.25, -0.2) is 0 Å². The first-order chi connectivity index (χ1) is 12.2. The highest BCUT2D eigenvalue weighted by Crippen LogP contribution is 2.32. The van der Waals surface area contributed by atoms with E-state index in [-0.39, 0.29) is 18.1 Å². The predicted octanol–water partition coefficient (Wildman–Crippen LogP) is 1.55. The summed E-state index contributed by atoms with van der Waals surface area (Å²) in [4.78, 5) is 19.5. The first-order valence-corrected chi connectivity index (χ1v) is 8.53. The van der Waals surface area contributed by atoms with Gasteiger partial charge in [-0.15, -0.1) is 0 Å². The summed E-state index contributed by atoms with van der Waals surface area (Å²) in [6.45, 7) is 4.34. The van der Waals surface area contributed by atoms with Crippen LogP contribution in [0.3, 0.4) is 0 Å². The van der Waals surface area contributed by atoms with Gasteiger partial charge in [0.25, 0.3) is 5.91 Å². The van der Waals surface area contributed by atoms with E-state index in [4.69, 9.17) is 14.2 Å². The molecule has 0 saturated carbocycles. The molecule has 2 aromatic rings. The van der Waals surface area contributed by atoms with Gasteiger partial charge in [-0.1, -0.05) is 0 Å². The number of H-pyrrole nitrogens is 1. The molecule has 2 aliphatic rings. The van der Waals surface area contributed by atoms with E-state index in [1.165, 1.54) is 0 Å². The van der Waals surface area contributed by atoms with Crippen LogP contribution in [0.15, 0.2) is 24.5 Å². The molecule has 0 bridgehead atoms. The van der Waals surface area contributed by atoms with Crippen molar-refractivity contribution in [2.75, 3.05) is 26.4 Å². The molecule has 1 saturated heterocycles. The molecule has 2 N–H and O–H groups in total. The van der Waals surface area contributed by atoms with Crippen LogP contribution < -0.4 is 10.1 Å². The molecule has 2 atom stereocenters. The third-order valence-electron chi connectivity index (χ3n) is 4.56. The average molecular weight is 343 g/mol. The molecule has 0 aliphatic carbocycles. The van der Waals surface area contributed by atoms with Gasteiger partial charge in [0.05, 0.1) is 37.3 Å². The largest absolute Gasteiger partial charge is 0.486 e. The van der Waals surface area contributed by atoms with Gasteiger partial charge >= 0.3 is 0 Å². The summed E-state index contributed by atoms with van der Waals surface area (Å²) < 4.78 is 17.3. The van der Waals surface area contributed by atoms with Crippen molar-refractivity contribution in [3.8, 4) is 17.0 Å². The average Bonchev–Trinajstić information content (AvgIpc) is 3.08. The zero-order valence-corrected chi connectivity index (χ0v) is 14.1. The van der Waals surface area contributed by atoms with Gasteiger partial charge in [-0.05, 0) is 19.1 Å². The van der Waals surface area contributed by atoms with Crippen LogP contribution >= 0.6 is 0 Å². The number of hydrogen-bond acceptors (Lipinski definition) is 5. The van der Waals surface area contributed by atoms with Gasteiger partial charge in [0.1, 0.15) is 18.0 Å². The second-order valence-electron chi connectivity index (χ2n) is 6.26. The van der Waals surface area contributed by atoms with Crippen molar-refractivity contribution in [2.24, 2.45) is 0 Å². The first-order valence-electron chi connectivity index (χ1n) is 8.53. The molecule has 0 unspecified atom stereocenters. The fraction of sp³-hybridized carbons (Fsp3) is 0.444. The third kappa shape index (κ3) is 3.25. The Labute approximate surface area is 145 Å². The van der Waals surface area contributed by atoms with Crippen molar-refractivity contribution in [1.82, 2.24) is 15.3 Å². The van der Waals surface area contributed by atoms with Crippen LogP contribution in [0, 0.1) is 0 Å². The van der Waals surface area contributed by atoms with Crippen molar-refractivity contribution >= 4 is 5.91 Å². The van der Waals surface area contributed by atoms with Gasteiger partial charge in [-0.2, -0.15) is 0 Å². The Morgan fingerprint density at radius 1 is 1.36 bits per heavy atom. The molecule has 1 fully saturated rings. The minimum Gasteiger partial charge on any atom is -0.486 e. The van der Waals surface area contributed by atoms with Crippen molar-refractivity contribution < 1.29 is 19.0 Å². The van der Waals surface area contributed by atoms with Crippen molar-refractivity contribution in [3.05, 3.63) is 35.8 Å². The Kier molecular flexibility index (Phi) is 4.42. The Bertz CT molecular complexity index is 767. The van der Waals surface area contributed by atoms with Crippen molar-refractivity contribution in [1.29, 1.82) is 0 Å². The highest BCUT2D eigenvalue weighted by atomic mass is 16.6. The minimum atomic E-state index is -0.170. The number of ether oxygens (including phenoxy) is 3. The molecule has 4 rings (SSSR count). The van der Waals surface area contributed by atoms with Crippen LogP contribution in [0.25, 0.3) is 11.3 Å². The zero-order valence-electron chi connectivity index (χ0n) is 14.1. The second kappa shape index (κ2) is 6.85. The molecule has 0 aromatic carbocycles. The van der Waals surface area contributed by atoms with E-state index in [2.05, 4.69) is 15.3 Å². The zero-order chi connectivity index (χ0) is 17.2. The lowest BCUT2D eigenvalue weighted by Gasteiger charge is -2.28. The van der Waals surface area contributed by atoms with Crippen LogP contribution in [-0.2, 0) is 15.9 Å². The molecule has 25 heavy (non-hydrogen) atoms. The standard InChI is InChI=1S/C18H21N3O4/c1-11(17-10-23-6-7-24-17)25-16-9-19-4-2-12(16)15-8-13-14(21-15)3-5-20-18(13)22/h2,4,8-9,11,17,21H,3,5-7,10H2,1H3,(H,20,22)/t11-,17+/m0/s1. The molecular weight excluding hydrogens is 322 g/mol. The number of fused-ring (bicyclic) bond motifs is 1. The Morgan fingerprint density at radius 3 is 3.08 bits per heavy atom. The molecule has 7 nitrogen and oxygen atoms in total. The second-order valence-corrected chi connectivity index (χ2v) is 6.26. The number of aromatic nitrogens is 2. The number of nitrogens with one attached hydrogen (secondary N) is 2. The van der Waals surface area contributed by atoms with Gasteiger partial charge in [0.15, 0.2) is 0 Å². The van der Waals surface area contributed by atoms with Gasteiger partial charge in [0.2, 0.25) is 0 Å². The lowest BCUT2D eigenvalue weighted by atomic mass is 10.1. The third-order valence-corrected chi connectivity index (χ3v) is 4.56. The van der Waals surface area contributed by atoms with Gasteiger partial charge < -0.3 is 24.5 Å². The Morgan fingerprint density at radius 2 is 2.28 bits per heavy atom. The lowest BCUT2D eigenvalue weighted by Crippen LogP contribution is -2.40. The van der Waals surface area contributed by atoms with Crippen LogP contribution in [0.2, 0.25) is 0 Å². The quantitative estimate of drug-likeness (QED) is 0.880. The summed E-state index contributed by atoms with van der Waals surface area (Å²) in [5.41, 5.74) is 3.38. The summed E-state index contributed by atoms with van der Waals surface area (Å²) in [6.07, 6.45) is 3.93. The highest BCUT2D eigenvalue weighted by molar-refractivity contribution is 5.98. The monoisotopic (exact) mass is 343 g/mol. The maximum absolute atomic E-state index is 12.0. The Hall–Kier alpha value is -2.38.